The van der Waals surface area contributed by atoms with Crippen LogP contribution in [-0.4, -0.2) is 59.6 Å². The fourth-order valence-corrected chi connectivity index (χ4v) is 2.57. The summed E-state index contributed by atoms with van der Waals surface area (Å²) in [5, 5.41) is 10.7. The number of hydrogen-bond donors (Lipinski definition) is 0. The van der Waals surface area contributed by atoms with Crippen LogP contribution in [0.2, 0.25) is 0 Å². The molecular formula is C18H22N2O9. The quantitative estimate of drug-likeness (QED) is 0.318. The molecule has 1 aromatic carbocycles. The summed E-state index contributed by atoms with van der Waals surface area (Å²) in [6, 6.07) is 4.90. The van der Waals surface area contributed by atoms with Crippen LogP contribution in [0.1, 0.15) is 37.6 Å². The van der Waals surface area contributed by atoms with Gasteiger partial charge in [0.25, 0.3) is 5.69 Å². The first-order valence-corrected chi connectivity index (χ1v) is 8.70. The van der Waals surface area contributed by atoms with Crippen molar-refractivity contribution in [2.24, 2.45) is 0 Å². The van der Waals surface area contributed by atoms with E-state index in [2.05, 4.69) is 4.74 Å². The van der Waals surface area contributed by atoms with Crippen molar-refractivity contribution >= 4 is 23.9 Å². The topological polar surface area (TPSA) is 135 Å². The van der Waals surface area contributed by atoms with Gasteiger partial charge in [0.15, 0.2) is 6.23 Å². The van der Waals surface area contributed by atoms with Crippen molar-refractivity contribution in [2.75, 3.05) is 13.7 Å². The highest BCUT2D eigenvalue weighted by atomic mass is 16.7. The summed E-state index contributed by atoms with van der Waals surface area (Å²) in [5.41, 5.74) is -0.831. The van der Waals surface area contributed by atoms with Crippen molar-refractivity contribution in [3.05, 3.63) is 39.9 Å². The summed E-state index contributed by atoms with van der Waals surface area (Å²) in [5.74, 6) is -0.729. The van der Waals surface area contributed by atoms with Gasteiger partial charge in [-0.05, 0) is 32.9 Å². The maximum atomic E-state index is 12.4. The fourth-order valence-electron chi connectivity index (χ4n) is 2.57. The van der Waals surface area contributed by atoms with Crippen molar-refractivity contribution in [1.82, 2.24) is 4.90 Å². The Morgan fingerprint density at radius 3 is 2.28 bits per heavy atom. The lowest BCUT2D eigenvalue weighted by molar-refractivity contribution is -0.384. The van der Waals surface area contributed by atoms with E-state index in [1.54, 1.807) is 20.8 Å². The predicted molar refractivity (Wildman–Crippen MR) is 97.1 cm³/mol. The summed E-state index contributed by atoms with van der Waals surface area (Å²) >= 11 is 0. The Labute approximate surface area is 166 Å². The van der Waals surface area contributed by atoms with Crippen LogP contribution in [0.15, 0.2) is 24.3 Å². The molecule has 11 nitrogen and oxygen atoms in total. The van der Waals surface area contributed by atoms with E-state index in [9.17, 15) is 24.5 Å². The first kappa shape index (κ1) is 21.9. The smallest absolute Gasteiger partial charge is 0.457 e. The number of nitrogens with zero attached hydrogens (tertiary/aromatic N) is 2. The molecule has 1 aromatic rings. The molecule has 1 fully saturated rings. The van der Waals surface area contributed by atoms with E-state index in [1.807, 2.05) is 0 Å². The number of rotatable bonds is 4. The molecule has 0 aliphatic carbocycles. The summed E-state index contributed by atoms with van der Waals surface area (Å²) in [6.45, 7) is 4.99. The second kappa shape index (κ2) is 8.76. The molecule has 158 valence electrons. The van der Waals surface area contributed by atoms with Crippen LogP contribution >= 0.6 is 0 Å². The van der Waals surface area contributed by atoms with Gasteiger partial charge in [0.1, 0.15) is 11.7 Å². The van der Waals surface area contributed by atoms with Gasteiger partial charge in [-0.1, -0.05) is 0 Å². The van der Waals surface area contributed by atoms with Gasteiger partial charge in [-0.2, -0.15) is 0 Å². The zero-order valence-electron chi connectivity index (χ0n) is 16.4. The normalized spacial score (nSPS) is 18.7. The molecule has 0 aromatic heterocycles. The van der Waals surface area contributed by atoms with E-state index >= 15 is 0 Å². The minimum Gasteiger partial charge on any atom is -0.457 e. The maximum Gasteiger partial charge on any atom is 0.509 e. The zero-order valence-corrected chi connectivity index (χ0v) is 16.4. The molecule has 0 spiro atoms. The van der Waals surface area contributed by atoms with Gasteiger partial charge in [0.05, 0.1) is 24.1 Å². The largest absolute Gasteiger partial charge is 0.509 e. The van der Waals surface area contributed by atoms with Gasteiger partial charge in [-0.3, -0.25) is 15.0 Å². The molecule has 2 atom stereocenters. The Hall–Kier alpha value is -3.37. The van der Waals surface area contributed by atoms with Crippen molar-refractivity contribution in [3.63, 3.8) is 0 Å². The van der Waals surface area contributed by atoms with E-state index in [1.165, 1.54) is 24.3 Å². The van der Waals surface area contributed by atoms with Crippen LogP contribution < -0.4 is 0 Å². The Morgan fingerprint density at radius 1 is 1.14 bits per heavy atom. The third-order valence-electron chi connectivity index (χ3n) is 3.83. The Balaban J connectivity index is 2.08. The number of nitro groups is 1. The van der Waals surface area contributed by atoms with Crippen LogP contribution in [0, 0.1) is 10.1 Å². The number of esters is 1. The van der Waals surface area contributed by atoms with Crippen molar-refractivity contribution in [3.8, 4) is 0 Å². The Morgan fingerprint density at radius 2 is 1.76 bits per heavy atom. The highest BCUT2D eigenvalue weighted by molar-refractivity contribution is 5.89. The molecule has 0 N–H and O–H groups in total. The molecule has 1 amide bonds. The first-order chi connectivity index (χ1) is 13.5. The molecule has 29 heavy (non-hydrogen) atoms. The van der Waals surface area contributed by atoms with Gasteiger partial charge in [0.2, 0.25) is 0 Å². The molecule has 1 aliphatic rings. The number of non-ortho nitro benzene ring substituents is 1. The summed E-state index contributed by atoms with van der Waals surface area (Å²) < 4.78 is 20.2. The predicted octanol–water partition coefficient (Wildman–Crippen LogP) is 2.87. The molecule has 2 rings (SSSR count). The lowest BCUT2D eigenvalue weighted by Gasteiger charge is -2.27. The maximum absolute atomic E-state index is 12.4. The van der Waals surface area contributed by atoms with E-state index in [4.69, 9.17) is 14.2 Å². The van der Waals surface area contributed by atoms with Gasteiger partial charge in [-0.25, -0.2) is 14.4 Å². The summed E-state index contributed by atoms with van der Waals surface area (Å²) in [6.07, 6.45) is -3.52. The minimum atomic E-state index is -1.04. The van der Waals surface area contributed by atoms with Crippen LogP contribution in [0.3, 0.4) is 0 Å². The van der Waals surface area contributed by atoms with Crippen molar-refractivity contribution < 1.29 is 38.3 Å². The monoisotopic (exact) mass is 410 g/mol. The van der Waals surface area contributed by atoms with Crippen molar-refractivity contribution in [2.45, 2.75) is 45.1 Å². The van der Waals surface area contributed by atoms with Crippen LogP contribution in [-0.2, 0) is 18.9 Å². The third kappa shape index (κ3) is 6.06. The number of hydrogen-bond acceptors (Lipinski definition) is 9. The molecule has 0 radical (unpaired) electrons. The highest BCUT2D eigenvalue weighted by Gasteiger charge is 2.42. The first-order valence-electron chi connectivity index (χ1n) is 8.70. The number of carbonyl (C=O) groups is 3. The molecule has 0 unspecified atom stereocenters. The molecule has 0 bridgehead atoms. The average molecular weight is 410 g/mol. The number of carbonyl (C=O) groups excluding carboxylic acids is 3. The second-order valence-electron chi connectivity index (χ2n) is 7.23. The van der Waals surface area contributed by atoms with Crippen LogP contribution in [0.25, 0.3) is 0 Å². The Kier molecular flexibility index (Phi) is 6.62. The number of likely N-dealkylation sites (tertiary alicyclic amines) is 1. The molecule has 0 saturated carbocycles. The lowest BCUT2D eigenvalue weighted by Crippen LogP contribution is -2.42. The SMILES string of the molecule is COC(=O)O[C@H]1C[C@H](OC(=O)c2ccc([N+](=O)[O-])cc2)CN1C(=O)OC(C)(C)C. The second-order valence-corrected chi connectivity index (χ2v) is 7.23. The van der Waals surface area contributed by atoms with Crippen LogP contribution in [0.4, 0.5) is 15.3 Å². The molecule has 1 aliphatic heterocycles. The van der Waals surface area contributed by atoms with E-state index in [0.29, 0.717) is 0 Å². The zero-order chi connectivity index (χ0) is 21.8. The molecule has 1 heterocycles. The van der Waals surface area contributed by atoms with Gasteiger partial charge >= 0.3 is 18.2 Å². The van der Waals surface area contributed by atoms with E-state index in [0.717, 1.165) is 12.0 Å². The molecular weight excluding hydrogens is 388 g/mol. The summed E-state index contributed by atoms with van der Waals surface area (Å²) in [4.78, 5) is 47.4. The summed E-state index contributed by atoms with van der Waals surface area (Å²) in [7, 11) is 1.13. The van der Waals surface area contributed by atoms with E-state index in [-0.39, 0.29) is 24.2 Å². The number of nitro benzene ring substituents is 1. The number of methoxy groups -OCH3 is 1. The van der Waals surface area contributed by atoms with Gasteiger partial charge in [0, 0.05) is 18.6 Å². The lowest BCUT2D eigenvalue weighted by atomic mass is 10.2. The van der Waals surface area contributed by atoms with E-state index < -0.39 is 41.1 Å². The minimum absolute atomic E-state index is 0.0209. The molecule has 11 heteroatoms. The number of amides is 1. The third-order valence-corrected chi connectivity index (χ3v) is 3.83. The molecule has 1 saturated heterocycles. The van der Waals surface area contributed by atoms with Gasteiger partial charge in [-0.15, -0.1) is 0 Å². The average Bonchev–Trinajstić information content (AvgIpc) is 3.02. The highest BCUT2D eigenvalue weighted by Crippen LogP contribution is 2.25. The fraction of sp³-hybridized carbons (Fsp3) is 0.500. The number of benzene rings is 1. The standard InChI is InChI=1S/C18H22N2O9/c1-18(2,3)29-16(22)19-10-13(9-14(19)28-17(23)26-4)27-15(21)11-5-7-12(8-6-11)20(24)25/h5-8,13-14H,9-10H2,1-4H3/t13-,14-/m0/s1. The van der Waals surface area contributed by atoms with Crippen LogP contribution in [0.5, 0.6) is 0 Å². The number of ether oxygens (including phenoxy) is 4. The Bertz CT molecular complexity index is 786. The van der Waals surface area contributed by atoms with Gasteiger partial charge < -0.3 is 18.9 Å². The van der Waals surface area contributed by atoms with Crippen molar-refractivity contribution in [1.29, 1.82) is 0 Å².